The molecule has 0 radical (unpaired) electrons. The van der Waals surface area contributed by atoms with Crippen molar-refractivity contribution in [1.82, 2.24) is 5.32 Å². The predicted molar refractivity (Wildman–Crippen MR) is 86.0 cm³/mol. The first-order valence-corrected chi connectivity index (χ1v) is 7.45. The Hall–Kier alpha value is -1.10. The zero-order valence-electron chi connectivity index (χ0n) is 14.0. The minimum Gasteiger partial charge on any atom is -0.493 e. The van der Waals surface area contributed by atoms with Gasteiger partial charge in [-0.05, 0) is 26.8 Å². The Labute approximate surface area is 128 Å². The van der Waals surface area contributed by atoms with Gasteiger partial charge in [0, 0.05) is 39.3 Å². The standard InChI is InChI=1S/C17H29NO3/c1-14-6-7-16(21-10-8-17(2,3)20-5)15(12-14)13-18-9-11-19-4/h6-7,12,18H,8-11,13H2,1-5H3. The van der Waals surface area contributed by atoms with Crippen molar-refractivity contribution in [3.63, 3.8) is 0 Å². The molecule has 0 heterocycles. The quantitative estimate of drug-likeness (QED) is 0.674. The molecular weight excluding hydrogens is 266 g/mol. The van der Waals surface area contributed by atoms with Crippen LogP contribution in [0.4, 0.5) is 0 Å². The lowest BCUT2D eigenvalue weighted by Gasteiger charge is -2.23. The van der Waals surface area contributed by atoms with Gasteiger partial charge in [-0.1, -0.05) is 17.7 Å². The first kappa shape index (κ1) is 18.0. The summed E-state index contributed by atoms with van der Waals surface area (Å²) in [6.45, 7) is 9.21. The molecule has 0 aliphatic rings. The van der Waals surface area contributed by atoms with Crippen molar-refractivity contribution in [2.75, 3.05) is 34.0 Å². The third kappa shape index (κ3) is 6.93. The zero-order valence-corrected chi connectivity index (χ0v) is 14.0. The second-order valence-electron chi connectivity index (χ2n) is 5.84. The number of hydrogen-bond donors (Lipinski definition) is 1. The highest BCUT2D eigenvalue weighted by Gasteiger charge is 2.16. The van der Waals surface area contributed by atoms with Gasteiger partial charge in [-0.2, -0.15) is 0 Å². The fourth-order valence-electron chi connectivity index (χ4n) is 1.89. The lowest BCUT2D eigenvalue weighted by Crippen LogP contribution is -2.25. The Morgan fingerprint density at radius 3 is 2.57 bits per heavy atom. The van der Waals surface area contributed by atoms with Gasteiger partial charge >= 0.3 is 0 Å². The molecule has 0 aliphatic heterocycles. The van der Waals surface area contributed by atoms with E-state index in [1.165, 1.54) is 11.1 Å². The highest BCUT2D eigenvalue weighted by atomic mass is 16.5. The molecule has 0 aliphatic carbocycles. The Kier molecular flexibility index (Phi) is 7.72. The van der Waals surface area contributed by atoms with Crippen LogP contribution >= 0.6 is 0 Å². The Balaban J connectivity index is 2.55. The minimum atomic E-state index is -0.151. The van der Waals surface area contributed by atoms with E-state index in [0.29, 0.717) is 13.2 Å². The Morgan fingerprint density at radius 1 is 1.14 bits per heavy atom. The zero-order chi connectivity index (χ0) is 15.7. The summed E-state index contributed by atoms with van der Waals surface area (Å²) in [7, 11) is 3.44. The van der Waals surface area contributed by atoms with Gasteiger partial charge in [0.25, 0.3) is 0 Å². The summed E-state index contributed by atoms with van der Waals surface area (Å²) in [5, 5.41) is 3.36. The topological polar surface area (TPSA) is 39.7 Å². The van der Waals surface area contributed by atoms with Crippen molar-refractivity contribution in [1.29, 1.82) is 0 Å². The molecule has 1 rings (SSSR count). The summed E-state index contributed by atoms with van der Waals surface area (Å²) < 4.78 is 16.4. The maximum atomic E-state index is 5.94. The van der Waals surface area contributed by atoms with E-state index in [9.17, 15) is 0 Å². The van der Waals surface area contributed by atoms with E-state index >= 15 is 0 Å². The summed E-state index contributed by atoms with van der Waals surface area (Å²) in [5.74, 6) is 0.942. The van der Waals surface area contributed by atoms with Crippen LogP contribution in [0, 0.1) is 6.92 Å². The molecule has 0 bridgehead atoms. The molecule has 0 spiro atoms. The molecule has 0 saturated carbocycles. The van der Waals surface area contributed by atoms with Crippen LogP contribution < -0.4 is 10.1 Å². The third-order valence-electron chi connectivity index (χ3n) is 3.53. The lowest BCUT2D eigenvalue weighted by molar-refractivity contribution is 0.00537. The Bertz CT molecular complexity index is 418. The second-order valence-corrected chi connectivity index (χ2v) is 5.84. The third-order valence-corrected chi connectivity index (χ3v) is 3.53. The number of rotatable bonds is 10. The fourth-order valence-corrected chi connectivity index (χ4v) is 1.89. The van der Waals surface area contributed by atoms with Crippen LogP contribution in [0.5, 0.6) is 5.75 Å². The molecule has 4 nitrogen and oxygen atoms in total. The van der Waals surface area contributed by atoms with Gasteiger partial charge in [-0.3, -0.25) is 0 Å². The van der Waals surface area contributed by atoms with Crippen LogP contribution in [-0.2, 0) is 16.0 Å². The number of aryl methyl sites for hydroxylation is 1. The number of benzene rings is 1. The average molecular weight is 295 g/mol. The molecule has 0 unspecified atom stereocenters. The van der Waals surface area contributed by atoms with E-state index in [1.54, 1.807) is 14.2 Å². The lowest BCUT2D eigenvalue weighted by atomic mass is 10.1. The van der Waals surface area contributed by atoms with Crippen LogP contribution in [0.25, 0.3) is 0 Å². The molecule has 0 atom stereocenters. The summed E-state index contributed by atoms with van der Waals surface area (Å²) in [6.07, 6.45) is 0.855. The maximum Gasteiger partial charge on any atom is 0.123 e. The second kappa shape index (κ2) is 9.03. The molecule has 0 amide bonds. The number of ether oxygens (including phenoxy) is 3. The van der Waals surface area contributed by atoms with Gasteiger partial charge < -0.3 is 19.5 Å². The molecule has 1 aromatic rings. The fraction of sp³-hybridized carbons (Fsp3) is 0.647. The van der Waals surface area contributed by atoms with Crippen LogP contribution in [0.15, 0.2) is 18.2 Å². The van der Waals surface area contributed by atoms with Crippen molar-refractivity contribution in [2.24, 2.45) is 0 Å². The largest absolute Gasteiger partial charge is 0.493 e. The van der Waals surface area contributed by atoms with Gasteiger partial charge in [0.1, 0.15) is 5.75 Å². The summed E-state index contributed by atoms with van der Waals surface area (Å²) >= 11 is 0. The molecule has 0 fully saturated rings. The predicted octanol–water partition coefficient (Wildman–Crippen LogP) is 2.92. The van der Waals surface area contributed by atoms with E-state index in [-0.39, 0.29) is 5.60 Å². The van der Waals surface area contributed by atoms with E-state index in [2.05, 4.69) is 38.2 Å². The van der Waals surface area contributed by atoms with Crippen molar-refractivity contribution in [3.8, 4) is 5.75 Å². The van der Waals surface area contributed by atoms with Crippen LogP contribution in [-0.4, -0.2) is 39.6 Å². The van der Waals surface area contributed by atoms with Gasteiger partial charge in [0.05, 0.1) is 18.8 Å². The van der Waals surface area contributed by atoms with Crippen LogP contribution in [0.1, 0.15) is 31.4 Å². The molecule has 21 heavy (non-hydrogen) atoms. The van der Waals surface area contributed by atoms with E-state index in [0.717, 1.165) is 25.3 Å². The van der Waals surface area contributed by atoms with E-state index in [1.807, 2.05) is 6.07 Å². The smallest absolute Gasteiger partial charge is 0.123 e. The maximum absolute atomic E-state index is 5.94. The van der Waals surface area contributed by atoms with Gasteiger partial charge in [0.15, 0.2) is 0 Å². The minimum absolute atomic E-state index is 0.151. The molecule has 1 N–H and O–H groups in total. The molecule has 120 valence electrons. The van der Waals surface area contributed by atoms with Crippen molar-refractivity contribution < 1.29 is 14.2 Å². The molecule has 0 saturated heterocycles. The summed E-state index contributed by atoms with van der Waals surface area (Å²) in [4.78, 5) is 0. The highest BCUT2D eigenvalue weighted by molar-refractivity contribution is 5.36. The van der Waals surface area contributed by atoms with Crippen LogP contribution in [0.3, 0.4) is 0 Å². The van der Waals surface area contributed by atoms with Gasteiger partial charge in [-0.15, -0.1) is 0 Å². The normalized spacial score (nSPS) is 11.7. The SMILES string of the molecule is COCCNCc1cc(C)ccc1OCCC(C)(C)OC. The van der Waals surface area contributed by atoms with Gasteiger partial charge in [-0.25, -0.2) is 0 Å². The summed E-state index contributed by atoms with van der Waals surface area (Å²) in [6, 6.07) is 6.29. The average Bonchev–Trinajstić information content (AvgIpc) is 2.45. The number of nitrogens with one attached hydrogen (secondary N) is 1. The highest BCUT2D eigenvalue weighted by Crippen LogP contribution is 2.21. The van der Waals surface area contributed by atoms with Crippen molar-refractivity contribution in [3.05, 3.63) is 29.3 Å². The van der Waals surface area contributed by atoms with Gasteiger partial charge in [0.2, 0.25) is 0 Å². The monoisotopic (exact) mass is 295 g/mol. The molecular formula is C17H29NO3. The summed E-state index contributed by atoms with van der Waals surface area (Å²) in [5.41, 5.74) is 2.27. The molecule has 4 heteroatoms. The number of hydrogen-bond acceptors (Lipinski definition) is 4. The number of methoxy groups -OCH3 is 2. The van der Waals surface area contributed by atoms with Crippen molar-refractivity contribution in [2.45, 2.75) is 39.3 Å². The Morgan fingerprint density at radius 2 is 1.90 bits per heavy atom. The molecule has 0 aromatic heterocycles. The van der Waals surface area contributed by atoms with E-state index in [4.69, 9.17) is 14.2 Å². The molecule has 1 aromatic carbocycles. The van der Waals surface area contributed by atoms with Crippen LogP contribution in [0.2, 0.25) is 0 Å². The first-order chi connectivity index (χ1) is 9.98. The first-order valence-electron chi connectivity index (χ1n) is 7.45. The van der Waals surface area contributed by atoms with Crippen molar-refractivity contribution >= 4 is 0 Å². The van der Waals surface area contributed by atoms with E-state index < -0.39 is 0 Å².